The molecule has 1 aromatic carbocycles. The van der Waals surface area contributed by atoms with Crippen LogP contribution in [0, 0.1) is 5.41 Å². The summed E-state index contributed by atoms with van der Waals surface area (Å²) in [7, 11) is 0. The first-order valence-corrected chi connectivity index (χ1v) is 13.1. The number of imidazole rings is 1. The van der Waals surface area contributed by atoms with E-state index in [1.807, 2.05) is 13.0 Å². The summed E-state index contributed by atoms with van der Waals surface area (Å²) in [6, 6.07) is 10.6. The number of aromatic nitrogens is 5. The van der Waals surface area contributed by atoms with Crippen LogP contribution in [0.5, 0.6) is 0 Å². The lowest BCUT2D eigenvalue weighted by Crippen LogP contribution is -2.44. The van der Waals surface area contributed by atoms with Gasteiger partial charge in [0.2, 0.25) is 5.95 Å². The van der Waals surface area contributed by atoms with Crippen molar-refractivity contribution in [1.29, 1.82) is 0 Å². The Hall–Kier alpha value is -2.88. The highest BCUT2D eigenvalue weighted by Gasteiger charge is 2.46. The molecule has 1 aliphatic heterocycles. The quantitative estimate of drug-likeness (QED) is 0.353. The molecule has 4 heterocycles. The van der Waals surface area contributed by atoms with Crippen molar-refractivity contribution in [3.8, 4) is 0 Å². The van der Waals surface area contributed by atoms with E-state index in [2.05, 4.69) is 49.4 Å². The maximum absolute atomic E-state index is 6.74. The molecule has 35 heavy (non-hydrogen) atoms. The molecule has 1 fully saturated rings. The molecule has 2 aliphatic rings. The van der Waals surface area contributed by atoms with Crippen LogP contribution < -0.4 is 16.0 Å². The lowest BCUT2D eigenvalue weighted by Gasteiger charge is -2.42. The minimum Gasteiger partial charge on any atom is -0.369 e. The van der Waals surface area contributed by atoms with Gasteiger partial charge in [0.05, 0.1) is 11.2 Å². The topological polar surface area (TPSA) is 109 Å². The number of benzene rings is 1. The third-order valence-electron chi connectivity index (χ3n) is 7.24. The number of fused-ring (bicyclic) bond motifs is 2. The number of pyridine rings is 1. The SMILES string of the molecule is CCNc1nccc(Sc2cnc3[nH]c(N4CCC5(CC4)Cc4ccccc4[C@H]5N)nc3n2)c1Cl. The van der Waals surface area contributed by atoms with Crippen molar-refractivity contribution in [2.45, 2.75) is 42.1 Å². The van der Waals surface area contributed by atoms with Gasteiger partial charge in [-0.2, -0.15) is 4.98 Å². The fraction of sp³-hybridized carbons (Fsp3) is 0.360. The van der Waals surface area contributed by atoms with E-state index in [9.17, 15) is 0 Å². The fourth-order valence-corrected chi connectivity index (χ4v) is 6.41. The Kier molecular flexibility index (Phi) is 5.78. The Morgan fingerprint density at radius 3 is 2.83 bits per heavy atom. The highest BCUT2D eigenvalue weighted by Crippen LogP contribution is 2.50. The van der Waals surface area contributed by atoms with Crippen LogP contribution in [0.4, 0.5) is 11.8 Å². The van der Waals surface area contributed by atoms with E-state index in [1.54, 1.807) is 12.4 Å². The normalized spacial score (nSPS) is 18.8. The molecule has 8 nitrogen and oxygen atoms in total. The first kappa shape index (κ1) is 22.6. The van der Waals surface area contributed by atoms with Gasteiger partial charge in [0, 0.05) is 36.8 Å². The summed E-state index contributed by atoms with van der Waals surface area (Å²) in [5.74, 6) is 1.49. The third-order valence-corrected chi connectivity index (χ3v) is 8.70. The minimum atomic E-state index is 0.104. The van der Waals surface area contributed by atoms with E-state index >= 15 is 0 Å². The number of hydrogen-bond donors (Lipinski definition) is 3. The number of piperidine rings is 1. The second-order valence-electron chi connectivity index (χ2n) is 9.25. The number of nitrogens with zero attached hydrogens (tertiary/aromatic N) is 5. The van der Waals surface area contributed by atoms with Crippen LogP contribution in [-0.4, -0.2) is 44.6 Å². The van der Waals surface area contributed by atoms with Gasteiger partial charge in [0.25, 0.3) is 0 Å². The first-order valence-electron chi connectivity index (χ1n) is 11.9. The Bertz CT molecular complexity index is 1380. The van der Waals surface area contributed by atoms with Crippen LogP contribution in [0.1, 0.15) is 36.9 Å². The Morgan fingerprint density at radius 1 is 1.20 bits per heavy atom. The summed E-state index contributed by atoms with van der Waals surface area (Å²) in [6.45, 7) is 4.57. The summed E-state index contributed by atoms with van der Waals surface area (Å²) >= 11 is 7.98. The van der Waals surface area contributed by atoms with E-state index < -0.39 is 0 Å². The molecule has 6 rings (SSSR count). The van der Waals surface area contributed by atoms with Gasteiger partial charge in [-0.15, -0.1) is 0 Å². The van der Waals surface area contributed by atoms with Crippen LogP contribution in [0.3, 0.4) is 0 Å². The molecule has 10 heteroatoms. The van der Waals surface area contributed by atoms with Crippen LogP contribution in [0.25, 0.3) is 11.3 Å². The van der Waals surface area contributed by atoms with Crippen molar-refractivity contribution in [2.75, 3.05) is 29.9 Å². The van der Waals surface area contributed by atoms with Gasteiger partial charge in [0.15, 0.2) is 11.3 Å². The molecule has 3 aromatic heterocycles. The highest BCUT2D eigenvalue weighted by molar-refractivity contribution is 7.99. The molecule has 0 saturated carbocycles. The van der Waals surface area contributed by atoms with E-state index in [0.29, 0.717) is 22.1 Å². The maximum Gasteiger partial charge on any atom is 0.206 e. The largest absolute Gasteiger partial charge is 0.369 e. The molecule has 0 bridgehead atoms. The molecule has 1 atom stereocenters. The number of nitrogens with two attached hydrogens (primary N) is 1. The van der Waals surface area contributed by atoms with E-state index in [-0.39, 0.29) is 11.5 Å². The first-order chi connectivity index (χ1) is 17.1. The lowest BCUT2D eigenvalue weighted by molar-refractivity contribution is 0.187. The Balaban J connectivity index is 1.18. The lowest BCUT2D eigenvalue weighted by atomic mass is 9.73. The number of rotatable bonds is 5. The zero-order valence-corrected chi connectivity index (χ0v) is 21.0. The van der Waals surface area contributed by atoms with E-state index in [0.717, 1.165) is 54.8 Å². The number of nitrogens with one attached hydrogen (secondary N) is 2. The summed E-state index contributed by atoms with van der Waals surface area (Å²) in [6.07, 6.45) is 6.63. The summed E-state index contributed by atoms with van der Waals surface area (Å²) in [4.78, 5) is 24.9. The Morgan fingerprint density at radius 2 is 2.03 bits per heavy atom. The second-order valence-corrected chi connectivity index (χ2v) is 10.7. The molecular weight excluding hydrogens is 480 g/mol. The van der Waals surface area contributed by atoms with Crippen LogP contribution in [0.15, 0.2) is 52.6 Å². The number of H-pyrrole nitrogens is 1. The molecule has 0 unspecified atom stereocenters. The molecule has 1 spiro atoms. The molecule has 1 aliphatic carbocycles. The molecule has 0 radical (unpaired) electrons. The van der Waals surface area contributed by atoms with Crippen LogP contribution >= 0.6 is 23.4 Å². The number of aromatic amines is 1. The van der Waals surface area contributed by atoms with Crippen LogP contribution in [0.2, 0.25) is 5.02 Å². The summed E-state index contributed by atoms with van der Waals surface area (Å²) in [5.41, 5.74) is 10.9. The zero-order chi connectivity index (χ0) is 24.0. The summed E-state index contributed by atoms with van der Waals surface area (Å²) in [5, 5.41) is 4.49. The van der Waals surface area contributed by atoms with Gasteiger partial charge in [0.1, 0.15) is 10.8 Å². The average Bonchev–Trinajstić information content (AvgIpc) is 3.41. The molecule has 0 amide bonds. The Labute approximate surface area is 213 Å². The predicted octanol–water partition coefficient (Wildman–Crippen LogP) is 4.83. The third kappa shape index (κ3) is 4.01. The van der Waals surface area contributed by atoms with E-state index in [4.69, 9.17) is 27.3 Å². The van der Waals surface area contributed by atoms with Gasteiger partial charge in [-0.05, 0) is 48.8 Å². The fourth-order valence-electron chi connectivity index (χ4n) is 5.34. The van der Waals surface area contributed by atoms with Gasteiger partial charge >= 0.3 is 0 Å². The van der Waals surface area contributed by atoms with Crippen molar-refractivity contribution >= 4 is 46.4 Å². The maximum atomic E-state index is 6.74. The van der Waals surface area contributed by atoms with Crippen molar-refractivity contribution < 1.29 is 0 Å². The molecule has 4 aromatic rings. The van der Waals surface area contributed by atoms with Gasteiger partial charge in [-0.25, -0.2) is 15.0 Å². The predicted molar refractivity (Wildman–Crippen MR) is 140 cm³/mol. The van der Waals surface area contributed by atoms with Gasteiger partial charge < -0.3 is 20.9 Å². The monoisotopic (exact) mass is 506 g/mol. The number of hydrogen-bond acceptors (Lipinski definition) is 8. The molecular formula is C25H27ClN8S. The zero-order valence-electron chi connectivity index (χ0n) is 19.5. The van der Waals surface area contributed by atoms with Gasteiger partial charge in [-0.1, -0.05) is 47.6 Å². The molecule has 4 N–H and O–H groups in total. The van der Waals surface area contributed by atoms with Crippen molar-refractivity contribution in [3.63, 3.8) is 0 Å². The van der Waals surface area contributed by atoms with Crippen molar-refractivity contribution in [1.82, 2.24) is 24.9 Å². The van der Waals surface area contributed by atoms with Crippen LogP contribution in [-0.2, 0) is 6.42 Å². The standard InChI is InChI=1S/C25H27ClN8S/c1-2-28-21-19(26)17(7-10-29-21)35-18-14-30-22-23(31-18)33-24(32-22)34-11-8-25(9-12-34)13-15-5-3-4-6-16(15)20(25)27/h3-7,10,14,20H,2,8-9,11-13,27H2,1H3,(H,28,29)(H,30,31,32,33)/t20-/m1/s1. The summed E-state index contributed by atoms with van der Waals surface area (Å²) < 4.78 is 0. The molecule has 1 saturated heterocycles. The van der Waals surface area contributed by atoms with Gasteiger partial charge in [-0.3, -0.25) is 0 Å². The van der Waals surface area contributed by atoms with Crippen molar-refractivity contribution in [2.24, 2.45) is 11.1 Å². The second kappa shape index (κ2) is 8.96. The minimum absolute atomic E-state index is 0.104. The molecule has 180 valence electrons. The number of halogens is 1. The smallest absolute Gasteiger partial charge is 0.206 e. The van der Waals surface area contributed by atoms with E-state index in [1.165, 1.54) is 22.9 Å². The highest BCUT2D eigenvalue weighted by atomic mass is 35.5. The average molecular weight is 507 g/mol. The number of anilines is 2. The van der Waals surface area contributed by atoms with Crippen molar-refractivity contribution in [3.05, 3.63) is 58.9 Å².